The molecule has 2 N–H and O–H groups in total. The Labute approximate surface area is 92.5 Å². The van der Waals surface area contributed by atoms with Crippen LogP contribution in [0.15, 0.2) is 4.99 Å². The average molecular weight is 213 g/mol. The van der Waals surface area contributed by atoms with E-state index in [4.69, 9.17) is 10.5 Å². The molecule has 1 saturated heterocycles. The summed E-state index contributed by atoms with van der Waals surface area (Å²) in [5.74, 6) is 0.681. The minimum absolute atomic E-state index is 0.273. The average Bonchev–Trinajstić information content (AvgIpc) is 2.18. The van der Waals surface area contributed by atoms with Gasteiger partial charge in [0, 0.05) is 25.7 Å². The SMILES string of the molecule is CCOC1CCN(C(N)=NC(C)C)CC1. The van der Waals surface area contributed by atoms with E-state index in [0.29, 0.717) is 12.1 Å². The smallest absolute Gasteiger partial charge is 0.191 e. The summed E-state index contributed by atoms with van der Waals surface area (Å²) in [5.41, 5.74) is 5.90. The number of nitrogens with zero attached hydrogens (tertiary/aromatic N) is 2. The molecule has 0 spiro atoms. The molecular formula is C11H23N3O. The van der Waals surface area contributed by atoms with Crippen molar-refractivity contribution in [2.24, 2.45) is 10.7 Å². The maximum atomic E-state index is 5.90. The van der Waals surface area contributed by atoms with Crippen LogP contribution in [-0.2, 0) is 4.74 Å². The van der Waals surface area contributed by atoms with Gasteiger partial charge in [0.15, 0.2) is 5.96 Å². The first-order valence-corrected chi connectivity index (χ1v) is 5.83. The second-order valence-corrected chi connectivity index (χ2v) is 4.22. The second-order valence-electron chi connectivity index (χ2n) is 4.22. The number of rotatable bonds is 3. The molecular weight excluding hydrogens is 190 g/mol. The Kier molecular flexibility index (Phi) is 4.88. The number of nitrogens with two attached hydrogens (primary N) is 1. The molecule has 0 radical (unpaired) electrons. The van der Waals surface area contributed by atoms with Crippen LogP contribution < -0.4 is 5.73 Å². The quantitative estimate of drug-likeness (QED) is 0.566. The molecule has 1 aliphatic heterocycles. The first-order chi connectivity index (χ1) is 7.13. The van der Waals surface area contributed by atoms with Crippen molar-refractivity contribution in [2.45, 2.75) is 45.8 Å². The van der Waals surface area contributed by atoms with Gasteiger partial charge >= 0.3 is 0 Å². The minimum Gasteiger partial charge on any atom is -0.378 e. The molecule has 4 nitrogen and oxygen atoms in total. The third kappa shape index (κ3) is 4.08. The first-order valence-electron chi connectivity index (χ1n) is 5.83. The molecule has 1 heterocycles. The van der Waals surface area contributed by atoms with Crippen molar-refractivity contribution in [3.63, 3.8) is 0 Å². The molecule has 0 unspecified atom stereocenters. The molecule has 88 valence electrons. The Hall–Kier alpha value is -0.770. The molecule has 0 aromatic carbocycles. The molecule has 1 fully saturated rings. The summed E-state index contributed by atoms with van der Waals surface area (Å²) in [7, 11) is 0. The largest absolute Gasteiger partial charge is 0.378 e. The van der Waals surface area contributed by atoms with E-state index in [-0.39, 0.29) is 6.04 Å². The lowest BCUT2D eigenvalue weighted by atomic mass is 10.1. The summed E-state index contributed by atoms with van der Waals surface area (Å²) in [5, 5.41) is 0. The van der Waals surface area contributed by atoms with E-state index in [1.165, 1.54) is 0 Å². The van der Waals surface area contributed by atoms with Crippen molar-refractivity contribution in [3.05, 3.63) is 0 Å². The van der Waals surface area contributed by atoms with Gasteiger partial charge in [0.1, 0.15) is 0 Å². The first kappa shape index (κ1) is 12.3. The lowest BCUT2D eigenvalue weighted by Crippen LogP contribution is -2.45. The highest BCUT2D eigenvalue weighted by Crippen LogP contribution is 2.13. The second kappa shape index (κ2) is 5.95. The normalized spacial score (nSPS) is 20.0. The summed E-state index contributed by atoms with van der Waals surface area (Å²) < 4.78 is 5.58. The molecule has 0 aromatic heterocycles. The van der Waals surface area contributed by atoms with E-state index in [1.54, 1.807) is 0 Å². The lowest BCUT2D eigenvalue weighted by Gasteiger charge is -2.32. The van der Waals surface area contributed by atoms with Gasteiger partial charge in [0.25, 0.3) is 0 Å². The summed E-state index contributed by atoms with van der Waals surface area (Å²) >= 11 is 0. The number of hydrogen-bond acceptors (Lipinski definition) is 2. The molecule has 0 aliphatic carbocycles. The Morgan fingerprint density at radius 1 is 1.47 bits per heavy atom. The van der Waals surface area contributed by atoms with E-state index < -0.39 is 0 Å². The maximum absolute atomic E-state index is 5.90. The van der Waals surface area contributed by atoms with Crippen molar-refractivity contribution < 1.29 is 4.74 Å². The van der Waals surface area contributed by atoms with Crippen molar-refractivity contribution in [1.82, 2.24) is 4.90 Å². The summed E-state index contributed by atoms with van der Waals surface area (Å²) in [6.07, 6.45) is 2.53. The van der Waals surface area contributed by atoms with Crippen molar-refractivity contribution in [1.29, 1.82) is 0 Å². The van der Waals surface area contributed by atoms with Gasteiger partial charge < -0.3 is 15.4 Å². The zero-order valence-corrected chi connectivity index (χ0v) is 10.1. The number of likely N-dealkylation sites (tertiary alicyclic amines) is 1. The summed E-state index contributed by atoms with van der Waals surface area (Å²) in [6, 6.07) is 0.273. The molecule has 0 aromatic rings. The Morgan fingerprint density at radius 3 is 2.53 bits per heavy atom. The van der Waals surface area contributed by atoms with E-state index in [1.807, 2.05) is 20.8 Å². The monoisotopic (exact) mass is 213 g/mol. The number of aliphatic imine (C=N–C) groups is 1. The minimum atomic E-state index is 0.273. The third-order valence-corrected chi connectivity index (χ3v) is 2.56. The highest BCUT2D eigenvalue weighted by molar-refractivity contribution is 5.78. The van der Waals surface area contributed by atoms with Crippen LogP contribution in [0.4, 0.5) is 0 Å². The Morgan fingerprint density at radius 2 is 2.07 bits per heavy atom. The molecule has 0 atom stereocenters. The maximum Gasteiger partial charge on any atom is 0.191 e. The number of hydrogen-bond donors (Lipinski definition) is 1. The number of guanidine groups is 1. The molecule has 15 heavy (non-hydrogen) atoms. The topological polar surface area (TPSA) is 50.9 Å². The summed E-state index contributed by atoms with van der Waals surface area (Å²) in [4.78, 5) is 6.50. The standard InChI is InChI=1S/C11H23N3O/c1-4-15-10-5-7-14(8-6-10)11(12)13-9(2)3/h9-10H,4-8H2,1-3H3,(H2,12,13). The van der Waals surface area contributed by atoms with Crippen molar-refractivity contribution in [3.8, 4) is 0 Å². The van der Waals surface area contributed by atoms with Gasteiger partial charge in [0.2, 0.25) is 0 Å². The van der Waals surface area contributed by atoms with Crippen LogP contribution in [0, 0.1) is 0 Å². The highest BCUT2D eigenvalue weighted by atomic mass is 16.5. The predicted molar refractivity (Wildman–Crippen MR) is 63.0 cm³/mol. The van der Waals surface area contributed by atoms with Gasteiger partial charge in [-0.1, -0.05) is 0 Å². The van der Waals surface area contributed by atoms with E-state index in [0.717, 1.165) is 32.5 Å². The van der Waals surface area contributed by atoms with E-state index in [9.17, 15) is 0 Å². The third-order valence-electron chi connectivity index (χ3n) is 2.56. The zero-order chi connectivity index (χ0) is 11.3. The van der Waals surface area contributed by atoms with Crippen molar-refractivity contribution >= 4 is 5.96 Å². The van der Waals surface area contributed by atoms with Crippen LogP contribution in [0.1, 0.15) is 33.6 Å². The van der Waals surface area contributed by atoms with Gasteiger partial charge in [-0.3, -0.25) is 4.99 Å². The Balaban J connectivity index is 2.36. The van der Waals surface area contributed by atoms with Crippen LogP contribution in [0.5, 0.6) is 0 Å². The molecule has 0 amide bonds. The number of ether oxygens (including phenoxy) is 1. The summed E-state index contributed by atoms with van der Waals surface area (Å²) in [6.45, 7) is 8.86. The van der Waals surface area contributed by atoms with Crippen LogP contribution in [-0.4, -0.2) is 42.7 Å². The van der Waals surface area contributed by atoms with Gasteiger partial charge in [-0.05, 0) is 33.6 Å². The molecule has 4 heteroatoms. The van der Waals surface area contributed by atoms with Crippen molar-refractivity contribution in [2.75, 3.05) is 19.7 Å². The van der Waals surface area contributed by atoms with Crippen LogP contribution in [0.2, 0.25) is 0 Å². The number of piperidine rings is 1. The molecule has 0 bridgehead atoms. The van der Waals surface area contributed by atoms with Gasteiger partial charge in [-0.2, -0.15) is 0 Å². The van der Waals surface area contributed by atoms with Gasteiger partial charge in [-0.25, -0.2) is 0 Å². The fourth-order valence-electron chi connectivity index (χ4n) is 1.83. The molecule has 1 rings (SSSR count). The lowest BCUT2D eigenvalue weighted by molar-refractivity contribution is 0.0267. The molecule has 1 aliphatic rings. The molecule has 0 saturated carbocycles. The van der Waals surface area contributed by atoms with Crippen LogP contribution in [0.25, 0.3) is 0 Å². The highest BCUT2D eigenvalue weighted by Gasteiger charge is 2.20. The fourth-order valence-corrected chi connectivity index (χ4v) is 1.83. The van der Waals surface area contributed by atoms with E-state index >= 15 is 0 Å². The van der Waals surface area contributed by atoms with Crippen LogP contribution in [0.3, 0.4) is 0 Å². The zero-order valence-electron chi connectivity index (χ0n) is 10.1. The Bertz CT molecular complexity index is 208. The predicted octanol–water partition coefficient (Wildman–Crippen LogP) is 1.21. The van der Waals surface area contributed by atoms with E-state index in [2.05, 4.69) is 9.89 Å². The van der Waals surface area contributed by atoms with Gasteiger partial charge in [-0.15, -0.1) is 0 Å². The fraction of sp³-hybridized carbons (Fsp3) is 0.909. The van der Waals surface area contributed by atoms with Gasteiger partial charge in [0.05, 0.1) is 6.10 Å². The van der Waals surface area contributed by atoms with Crippen LogP contribution >= 0.6 is 0 Å².